The van der Waals surface area contributed by atoms with Crippen molar-refractivity contribution in [3.8, 4) is 0 Å². The molecule has 12 nitrogen and oxygen atoms in total. The number of ether oxygens (including phenoxy) is 1. The first-order chi connectivity index (χ1) is 10.8. The van der Waals surface area contributed by atoms with Crippen LogP contribution in [0.4, 0.5) is 5.95 Å². The molecule has 1 aliphatic rings. The van der Waals surface area contributed by atoms with Crippen LogP contribution < -0.4 is 11.3 Å². The van der Waals surface area contributed by atoms with Crippen molar-refractivity contribution in [2.45, 2.75) is 24.5 Å². The summed E-state index contributed by atoms with van der Waals surface area (Å²) in [5, 5.41) is 38.3. The number of imidazole rings is 1. The number of carboxylic acids is 1. The molecule has 0 aromatic carbocycles. The third kappa shape index (κ3) is 2.24. The number of H-pyrrole nitrogens is 1. The van der Waals surface area contributed by atoms with E-state index in [0.29, 0.717) is 0 Å². The smallest absolute Gasteiger partial charge is 0.372 e. The molecule has 0 bridgehead atoms. The lowest BCUT2D eigenvalue weighted by Gasteiger charge is -2.18. The molecule has 124 valence electrons. The van der Waals surface area contributed by atoms with Crippen molar-refractivity contribution < 1.29 is 30.0 Å². The summed E-state index contributed by atoms with van der Waals surface area (Å²) in [5.41, 5.74) is 4.15. The van der Waals surface area contributed by atoms with Crippen LogP contribution >= 0.6 is 0 Å². The molecule has 12 heteroatoms. The van der Waals surface area contributed by atoms with E-state index in [1.54, 1.807) is 0 Å². The molecule has 0 saturated carbocycles. The predicted octanol–water partition coefficient (Wildman–Crippen LogP) is -2.99. The number of anilines is 1. The van der Waals surface area contributed by atoms with Gasteiger partial charge in [0.25, 0.3) is 5.56 Å². The number of nitrogen functional groups attached to an aromatic ring is 1. The summed E-state index contributed by atoms with van der Waals surface area (Å²) in [4.78, 5) is 32.9. The van der Waals surface area contributed by atoms with E-state index in [4.69, 9.17) is 15.6 Å². The molecule has 2 unspecified atom stereocenters. The fourth-order valence-electron chi connectivity index (χ4n) is 2.49. The Morgan fingerprint density at radius 3 is 2.61 bits per heavy atom. The zero-order chi connectivity index (χ0) is 16.9. The van der Waals surface area contributed by atoms with E-state index in [0.717, 1.165) is 4.57 Å². The minimum absolute atomic E-state index is 0.224. The second-order valence-electron chi connectivity index (χ2n) is 4.96. The summed E-state index contributed by atoms with van der Waals surface area (Å²) >= 11 is 0. The van der Waals surface area contributed by atoms with Crippen LogP contribution in [0.25, 0.3) is 11.2 Å². The van der Waals surface area contributed by atoms with Crippen LogP contribution in [0.15, 0.2) is 4.79 Å². The van der Waals surface area contributed by atoms with Crippen LogP contribution in [0.2, 0.25) is 0 Å². The molecule has 1 fully saturated rings. The number of aliphatic hydroxyl groups excluding tert-OH is 3. The number of nitrogens with zero attached hydrogens (tertiary/aromatic N) is 3. The maximum Gasteiger partial charge on any atom is 0.372 e. The maximum atomic E-state index is 11.8. The van der Waals surface area contributed by atoms with Gasteiger partial charge in [-0.05, 0) is 0 Å². The molecular weight excluding hydrogens is 314 g/mol. The quantitative estimate of drug-likeness (QED) is 0.338. The molecule has 0 aliphatic carbocycles. The zero-order valence-corrected chi connectivity index (χ0v) is 11.4. The number of fused-ring (bicyclic) bond motifs is 1. The Balaban J connectivity index is 2.25. The lowest BCUT2D eigenvalue weighted by molar-refractivity contribution is -0.0522. The second-order valence-corrected chi connectivity index (χ2v) is 4.96. The van der Waals surface area contributed by atoms with Gasteiger partial charge >= 0.3 is 5.97 Å². The molecule has 0 amide bonds. The summed E-state index contributed by atoms with van der Waals surface area (Å²) < 4.78 is 6.13. The molecule has 3 rings (SSSR count). The van der Waals surface area contributed by atoms with Gasteiger partial charge in [-0.3, -0.25) is 14.3 Å². The fraction of sp³-hybridized carbons (Fsp3) is 0.455. The van der Waals surface area contributed by atoms with Crippen molar-refractivity contribution in [1.82, 2.24) is 19.5 Å². The van der Waals surface area contributed by atoms with E-state index in [2.05, 4.69) is 15.0 Å². The van der Waals surface area contributed by atoms with Gasteiger partial charge in [-0.15, -0.1) is 0 Å². The molecule has 4 atom stereocenters. The maximum absolute atomic E-state index is 11.8. The van der Waals surface area contributed by atoms with Gasteiger partial charge in [0.05, 0.1) is 6.61 Å². The summed E-state index contributed by atoms with van der Waals surface area (Å²) in [6.45, 7) is -0.597. The topological polar surface area (TPSA) is 197 Å². The zero-order valence-electron chi connectivity index (χ0n) is 11.4. The first kappa shape index (κ1) is 15.4. The van der Waals surface area contributed by atoms with E-state index in [1.807, 2.05) is 0 Å². The summed E-state index contributed by atoms with van der Waals surface area (Å²) in [6, 6.07) is 0. The average molecular weight is 327 g/mol. The molecule has 3 heterocycles. The summed E-state index contributed by atoms with van der Waals surface area (Å²) in [7, 11) is 0. The molecule has 1 aliphatic heterocycles. The fourth-order valence-corrected chi connectivity index (χ4v) is 2.49. The highest BCUT2D eigenvalue weighted by Gasteiger charge is 2.45. The molecule has 23 heavy (non-hydrogen) atoms. The molecule has 0 spiro atoms. The lowest BCUT2D eigenvalue weighted by Crippen LogP contribution is -2.33. The largest absolute Gasteiger partial charge is 0.475 e. The van der Waals surface area contributed by atoms with Gasteiger partial charge in [-0.2, -0.15) is 4.98 Å². The Bertz CT molecular complexity index is 830. The van der Waals surface area contributed by atoms with Gasteiger partial charge in [0.2, 0.25) is 11.8 Å². The predicted molar refractivity (Wildman–Crippen MR) is 72.5 cm³/mol. The Labute approximate surface area is 126 Å². The normalized spacial score (nSPS) is 27.6. The number of aliphatic hydroxyl groups is 3. The Morgan fingerprint density at radius 1 is 1.35 bits per heavy atom. The Morgan fingerprint density at radius 2 is 2.04 bits per heavy atom. The monoisotopic (exact) mass is 327 g/mol. The number of carbonyl (C=O) groups is 1. The number of aromatic amines is 1. The highest BCUT2D eigenvalue weighted by Crippen LogP contribution is 2.32. The van der Waals surface area contributed by atoms with Crippen molar-refractivity contribution in [3.63, 3.8) is 0 Å². The van der Waals surface area contributed by atoms with Crippen LogP contribution in [0, 0.1) is 0 Å². The van der Waals surface area contributed by atoms with Gasteiger partial charge in [0.1, 0.15) is 18.3 Å². The summed E-state index contributed by atoms with van der Waals surface area (Å²) in [5.74, 6) is -2.41. The number of rotatable bonds is 3. The van der Waals surface area contributed by atoms with Crippen LogP contribution in [-0.4, -0.2) is 70.8 Å². The van der Waals surface area contributed by atoms with E-state index >= 15 is 0 Å². The van der Waals surface area contributed by atoms with Crippen LogP contribution in [0.3, 0.4) is 0 Å². The standard InChI is InChI=1S/C11H13N5O7/c12-11-14-6-3(8(20)15-11)13-7(10(21)22)16(6)9-5(19)4(18)2(1-17)23-9/h2,4-5,9,17-19H,1H2,(H,21,22)(H3,12,14,15,20)/t2-,4?,5?,9-/m1/s1. The minimum Gasteiger partial charge on any atom is -0.475 e. The number of nitrogens with one attached hydrogen (secondary N) is 1. The van der Waals surface area contributed by atoms with Crippen LogP contribution in [0.5, 0.6) is 0 Å². The van der Waals surface area contributed by atoms with Crippen molar-refractivity contribution in [2.75, 3.05) is 12.3 Å². The minimum atomic E-state index is -1.56. The highest BCUT2D eigenvalue weighted by atomic mass is 16.6. The number of carboxylic acid groups (broad SMARTS) is 1. The van der Waals surface area contributed by atoms with E-state index in [1.165, 1.54) is 0 Å². The highest BCUT2D eigenvalue weighted by molar-refractivity contribution is 5.88. The number of hydrogen-bond donors (Lipinski definition) is 6. The summed E-state index contributed by atoms with van der Waals surface area (Å²) in [6.07, 6.45) is -5.56. The second kappa shape index (κ2) is 5.27. The molecule has 2 aromatic heterocycles. The van der Waals surface area contributed by atoms with Crippen molar-refractivity contribution in [3.05, 3.63) is 16.2 Å². The van der Waals surface area contributed by atoms with E-state index < -0.39 is 48.5 Å². The SMILES string of the molecule is Nc1nc2c(nc(C(=O)O)n2[C@@H]2O[C@H](CO)C(O)C2O)c(=O)[nH]1. The first-order valence-electron chi connectivity index (χ1n) is 6.48. The first-order valence-corrected chi connectivity index (χ1v) is 6.48. The Kier molecular flexibility index (Phi) is 3.52. The van der Waals surface area contributed by atoms with Crippen LogP contribution in [-0.2, 0) is 4.74 Å². The van der Waals surface area contributed by atoms with Crippen molar-refractivity contribution >= 4 is 23.1 Å². The molecule has 0 radical (unpaired) electrons. The number of hydrogen-bond acceptors (Lipinski definition) is 9. The van der Waals surface area contributed by atoms with Gasteiger partial charge < -0.3 is 30.9 Å². The molecule has 1 saturated heterocycles. The third-order valence-electron chi connectivity index (χ3n) is 3.53. The molecule has 7 N–H and O–H groups in total. The molecular formula is C11H13N5O7. The lowest BCUT2D eigenvalue weighted by atomic mass is 10.1. The van der Waals surface area contributed by atoms with Gasteiger partial charge in [-0.25, -0.2) is 9.78 Å². The number of aromatic carboxylic acids is 1. The average Bonchev–Trinajstić information content (AvgIpc) is 2.99. The Hall–Kier alpha value is -2.54. The van der Waals surface area contributed by atoms with Gasteiger partial charge in [0, 0.05) is 0 Å². The number of nitrogens with two attached hydrogens (primary N) is 1. The number of aromatic nitrogens is 4. The van der Waals surface area contributed by atoms with Gasteiger partial charge in [-0.1, -0.05) is 0 Å². The van der Waals surface area contributed by atoms with E-state index in [-0.39, 0.29) is 17.1 Å². The third-order valence-corrected chi connectivity index (χ3v) is 3.53. The van der Waals surface area contributed by atoms with E-state index in [9.17, 15) is 24.9 Å². The molecule has 2 aromatic rings. The van der Waals surface area contributed by atoms with Crippen molar-refractivity contribution in [2.24, 2.45) is 0 Å². The van der Waals surface area contributed by atoms with Gasteiger partial charge in [0.15, 0.2) is 17.4 Å². The van der Waals surface area contributed by atoms with Crippen LogP contribution in [0.1, 0.15) is 16.8 Å². The van der Waals surface area contributed by atoms with Crippen molar-refractivity contribution in [1.29, 1.82) is 0 Å².